The Hall–Kier alpha value is -2.04. The number of hydrogen-bond donors (Lipinski definition) is 0. The van der Waals surface area contributed by atoms with Crippen molar-refractivity contribution in [3.8, 4) is 11.5 Å². The van der Waals surface area contributed by atoms with Gasteiger partial charge in [-0.2, -0.15) is 5.10 Å². The van der Waals surface area contributed by atoms with E-state index >= 15 is 0 Å². The first-order valence-electron chi connectivity index (χ1n) is 6.33. The molecule has 2 aromatic rings. The highest BCUT2D eigenvalue weighted by molar-refractivity contribution is 5.31. The molecule has 0 saturated carbocycles. The number of aryl methyl sites for hydroxylation is 1. The molecule has 19 heavy (non-hydrogen) atoms. The van der Waals surface area contributed by atoms with E-state index in [1.807, 2.05) is 31.3 Å². The maximum absolute atomic E-state index is 5.63. The van der Waals surface area contributed by atoms with E-state index in [2.05, 4.69) is 23.9 Å². The van der Waals surface area contributed by atoms with Gasteiger partial charge in [-0.1, -0.05) is 13.8 Å². The van der Waals surface area contributed by atoms with E-state index in [-0.39, 0.29) is 0 Å². The Morgan fingerprint density at radius 3 is 2.26 bits per heavy atom. The van der Waals surface area contributed by atoms with Gasteiger partial charge in [-0.15, -0.1) is 0 Å². The molecule has 0 aliphatic rings. The highest BCUT2D eigenvalue weighted by atomic mass is 16.5. The number of benzene rings is 1. The van der Waals surface area contributed by atoms with E-state index in [9.17, 15) is 0 Å². The SMILES string of the molecule is CC(C)COc1ccc(OCc2ncnn2C)cc1. The molecule has 5 nitrogen and oxygen atoms in total. The first-order chi connectivity index (χ1) is 9.15. The quantitative estimate of drug-likeness (QED) is 0.801. The summed E-state index contributed by atoms with van der Waals surface area (Å²) in [6.45, 7) is 5.37. The Morgan fingerprint density at radius 2 is 1.74 bits per heavy atom. The van der Waals surface area contributed by atoms with Crippen LogP contribution in [0.3, 0.4) is 0 Å². The van der Waals surface area contributed by atoms with Gasteiger partial charge in [0.25, 0.3) is 0 Å². The van der Waals surface area contributed by atoms with Crippen molar-refractivity contribution < 1.29 is 9.47 Å². The van der Waals surface area contributed by atoms with Crippen LogP contribution in [0.1, 0.15) is 19.7 Å². The molecule has 1 aromatic heterocycles. The van der Waals surface area contributed by atoms with Gasteiger partial charge in [0, 0.05) is 7.05 Å². The molecule has 0 aliphatic heterocycles. The molecule has 0 saturated heterocycles. The van der Waals surface area contributed by atoms with E-state index in [1.54, 1.807) is 4.68 Å². The maximum Gasteiger partial charge on any atom is 0.164 e. The molecule has 1 aromatic carbocycles. The summed E-state index contributed by atoms with van der Waals surface area (Å²) >= 11 is 0. The standard InChI is InChI=1S/C14H19N3O2/c1-11(2)8-18-12-4-6-13(7-5-12)19-9-14-15-10-16-17(14)3/h4-7,10-11H,8-9H2,1-3H3. The maximum atomic E-state index is 5.63. The second-order valence-corrected chi connectivity index (χ2v) is 4.76. The van der Waals surface area contributed by atoms with Gasteiger partial charge in [-0.05, 0) is 30.2 Å². The number of nitrogens with zero attached hydrogens (tertiary/aromatic N) is 3. The second-order valence-electron chi connectivity index (χ2n) is 4.76. The summed E-state index contributed by atoms with van der Waals surface area (Å²) in [4.78, 5) is 4.10. The molecule has 0 fully saturated rings. The van der Waals surface area contributed by atoms with Crippen LogP contribution >= 0.6 is 0 Å². The summed E-state index contributed by atoms with van der Waals surface area (Å²) in [5.74, 6) is 2.96. The van der Waals surface area contributed by atoms with Crippen molar-refractivity contribution in [2.24, 2.45) is 13.0 Å². The van der Waals surface area contributed by atoms with Crippen LogP contribution in [0.2, 0.25) is 0 Å². The Balaban J connectivity index is 1.86. The molecule has 0 amide bonds. The van der Waals surface area contributed by atoms with E-state index in [4.69, 9.17) is 9.47 Å². The second kappa shape index (κ2) is 6.22. The lowest BCUT2D eigenvalue weighted by atomic mass is 10.2. The van der Waals surface area contributed by atoms with Crippen LogP contribution in [0.5, 0.6) is 11.5 Å². The molecule has 0 spiro atoms. The normalized spacial score (nSPS) is 10.7. The first-order valence-corrected chi connectivity index (χ1v) is 6.33. The molecular formula is C14H19N3O2. The van der Waals surface area contributed by atoms with Crippen LogP contribution in [0.4, 0.5) is 0 Å². The molecule has 0 aliphatic carbocycles. The zero-order chi connectivity index (χ0) is 13.7. The van der Waals surface area contributed by atoms with E-state index in [0.29, 0.717) is 12.5 Å². The Bertz CT molecular complexity index is 506. The minimum Gasteiger partial charge on any atom is -0.493 e. The zero-order valence-corrected chi connectivity index (χ0v) is 11.5. The summed E-state index contributed by atoms with van der Waals surface area (Å²) in [6.07, 6.45) is 1.52. The Morgan fingerprint density at radius 1 is 1.11 bits per heavy atom. The fourth-order valence-corrected chi connectivity index (χ4v) is 1.49. The molecule has 1 heterocycles. The summed E-state index contributed by atoms with van der Waals surface area (Å²) in [7, 11) is 1.84. The molecule has 0 unspecified atom stereocenters. The fourth-order valence-electron chi connectivity index (χ4n) is 1.49. The molecule has 102 valence electrons. The van der Waals surface area contributed by atoms with Gasteiger partial charge in [-0.25, -0.2) is 4.98 Å². The molecule has 0 radical (unpaired) electrons. The summed E-state index contributed by atoms with van der Waals surface area (Å²) in [6, 6.07) is 7.61. The highest BCUT2D eigenvalue weighted by Crippen LogP contribution is 2.18. The third-order valence-corrected chi connectivity index (χ3v) is 2.58. The number of ether oxygens (including phenoxy) is 2. The smallest absolute Gasteiger partial charge is 0.164 e. The van der Waals surface area contributed by atoms with Crippen LogP contribution in [-0.4, -0.2) is 21.4 Å². The van der Waals surface area contributed by atoms with Crippen molar-refractivity contribution in [3.63, 3.8) is 0 Å². The van der Waals surface area contributed by atoms with Crippen LogP contribution in [-0.2, 0) is 13.7 Å². The first kappa shape index (κ1) is 13.4. The van der Waals surface area contributed by atoms with Gasteiger partial charge in [0.05, 0.1) is 6.61 Å². The van der Waals surface area contributed by atoms with Crippen molar-refractivity contribution >= 4 is 0 Å². The predicted octanol–water partition coefficient (Wildman–Crippen LogP) is 2.43. The van der Waals surface area contributed by atoms with Gasteiger partial charge in [0.15, 0.2) is 5.82 Å². The monoisotopic (exact) mass is 261 g/mol. The third kappa shape index (κ3) is 3.98. The van der Waals surface area contributed by atoms with E-state index in [0.717, 1.165) is 23.9 Å². The molecule has 5 heteroatoms. The average Bonchev–Trinajstić information content (AvgIpc) is 2.81. The van der Waals surface area contributed by atoms with Crippen LogP contribution < -0.4 is 9.47 Å². The third-order valence-electron chi connectivity index (χ3n) is 2.58. The molecule has 0 atom stereocenters. The lowest BCUT2D eigenvalue weighted by Crippen LogP contribution is -2.05. The van der Waals surface area contributed by atoms with Crippen molar-refractivity contribution in [1.29, 1.82) is 0 Å². The number of aromatic nitrogens is 3. The minimum absolute atomic E-state index is 0.405. The topological polar surface area (TPSA) is 49.2 Å². The van der Waals surface area contributed by atoms with Crippen molar-refractivity contribution in [2.45, 2.75) is 20.5 Å². The van der Waals surface area contributed by atoms with Crippen molar-refractivity contribution in [2.75, 3.05) is 6.61 Å². The van der Waals surface area contributed by atoms with Crippen LogP contribution in [0.25, 0.3) is 0 Å². The van der Waals surface area contributed by atoms with Gasteiger partial charge >= 0.3 is 0 Å². The number of rotatable bonds is 6. The Labute approximate surface area is 113 Å². The van der Waals surface area contributed by atoms with Gasteiger partial charge < -0.3 is 9.47 Å². The van der Waals surface area contributed by atoms with E-state index < -0.39 is 0 Å². The van der Waals surface area contributed by atoms with Gasteiger partial charge in [0.2, 0.25) is 0 Å². The fraction of sp³-hybridized carbons (Fsp3) is 0.429. The summed E-state index contributed by atoms with van der Waals surface area (Å²) in [5, 5.41) is 3.99. The summed E-state index contributed by atoms with van der Waals surface area (Å²) < 4.78 is 12.9. The van der Waals surface area contributed by atoms with Crippen molar-refractivity contribution in [3.05, 3.63) is 36.4 Å². The lowest BCUT2D eigenvalue weighted by molar-refractivity contribution is 0.268. The average molecular weight is 261 g/mol. The Kier molecular flexibility index (Phi) is 4.39. The lowest BCUT2D eigenvalue weighted by Gasteiger charge is -2.10. The number of hydrogen-bond acceptors (Lipinski definition) is 4. The van der Waals surface area contributed by atoms with Gasteiger partial charge in [-0.3, -0.25) is 4.68 Å². The molecule has 2 rings (SSSR count). The van der Waals surface area contributed by atoms with Crippen LogP contribution in [0.15, 0.2) is 30.6 Å². The van der Waals surface area contributed by atoms with Crippen molar-refractivity contribution in [1.82, 2.24) is 14.8 Å². The van der Waals surface area contributed by atoms with E-state index in [1.165, 1.54) is 6.33 Å². The van der Waals surface area contributed by atoms with Gasteiger partial charge in [0.1, 0.15) is 24.4 Å². The molecular weight excluding hydrogens is 242 g/mol. The van der Waals surface area contributed by atoms with Crippen LogP contribution in [0, 0.1) is 5.92 Å². The largest absolute Gasteiger partial charge is 0.493 e. The molecule has 0 bridgehead atoms. The predicted molar refractivity (Wildman–Crippen MR) is 72.1 cm³/mol. The minimum atomic E-state index is 0.405. The highest BCUT2D eigenvalue weighted by Gasteiger charge is 2.02. The zero-order valence-electron chi connectivity index (χ0n) is 11.5. The summed E-state index contributed by atoms with van der Waals surface area (Å²) in [5.41, 5.74) is 0. The molecule has 0 N–H and O–H groups in total.